The molecule has 0 bridgehead atoms. The van der Waals surface area contributed by atoms with Gasteiger partial charge in [0.2, 0.25) is 11.6 Å². The molecule has 0 saturated carbocycles. The minimum atomic E-state index is 0.410. The lowest BCUT2D eigenvalue weighted by atomic mass is 10.2. The molecule has 0 fully saturated rings. The smallest absolute Gasteiger partial charge is 0.250 e. The Bertz CT molecular complexity index is 1190. The predicted octanol–water partition coefficient (Wildman–Crippen LogP) is 4.10. The van der Waals surface area contributed by atoms with E-state index in [2.05, 4.69) is 24.9 Å². The van der Waals surface area contributed by atoms with Crippen LogP contribution in [0.15, 0.2) is 51.6 Å². The van der Waals surface area contributed by atoms with Gasteiger partial charge in [0.05, 0.1) is 17.0 Å². The van der Waals surface area contributed by atoms with Crippen molar-refractivity contribution in [1.82, 2.24) is 24.9 Å². The van der Waals surface area contributed by atoms with Crippen LogP contribution in [0.1, 0.15) is 11.5 Å². The Morgan fingerprint density at radius 3 is 2.19 bits per heavy atom. The number of aromatic nitrogens is 5. The minimum Gasteiger partial charge on any atom is -0.422 e. The summed E-state index contributed by atoms with van der Waals surface area (Å²) in [5.41, 5.74) is 5.63. The number of oxazole rings is 2. The molecule has 0 aliphatic rings. The number of rotatable bonds is 2. The first-order chi connectivity index (χ1) is 12.7. The first-order valence-corrected chi connectivity index (χ1v) is 8.10. The van der Waals surface area contributed by atoms with Crippen molar-refractivity contribution >= 4 is 22.5 Å². The van der Waals surface area contributed by atoms with Crippen LogP contribution in [0.2, 0.25) is 0 Å². The molecule has 0 aliphatic carbocycles. The maximum Gasteiger partial charge on any atom is 0.250 e. The molecule has 0 atom stereocenters. The molecule has 0 amide bonds. The molecule has 0 N–H and O–H groups in total. The van der Waals surface area contributed by atoms with Crippen LogP contribution in [-0.2, 0) is 0 Å². The summed E-state index contributed by atoms with van der Waals surface area (Å²) in [7, 11) is 0. The summed E-state index contributed by atoms with van der Waals surface area (Å²) in [6.45, 7) is 3.78. The summed E-state index contributed by atoms with van der Waals surface area (Å²) < 4.78 is 11.2. The van der Waals surface area contributed by atoms with Gasteiger partial charge < -0.3 is 8.83 Å². The molecule has 0 aromatic carbocycles. The zero-order valence-corrected chi connectivity index (χ0v) is 14.1. The highest BCUT2D eigenvalue weighted by Crippen LogP contribution is 2.26. The molecule has 0 aliphatic heterocycles. The van der Waals surface area contributed by atoms with E-state index in [1.165, 1.54) is 0 Å². The quantitative estimate of drug-likeness (QED) is 0.476. The van der Waals surface area contributed by atoms with Crippen LogP contribution in [0.4, 0.5) is 0 Å². The molecular weight excluding hydrogens is 330 g/mol. The highest BCUT2D eigenvalue weighted by atomic mass is 16.4. The monoisotopic (exact) mass is 343 g/mol. The van der Waals surface area contributed by atoms with Crippen molar-refractivity contribution in [2.24, 2.45) is 0 Å². The van der Waals surface area contributed by atoms with Gasteiger partial charge in [-0.05, 0) is 30.7 Å². The van der Waals surface area contributed by atoms with E-state index in [4.69, 9.17) is 8.83 Å². The SMILES string of the molecule is Cc1ccc(-c2ccc(-c3nc4cc5nc(C)oc5nc4o3)cn2)nc1. The van der Waals surface area contributed by atoms with Gasteiger partial charge in [-0.2, -0.15) is 4.98 Å². The van der Waals surface area contributed by atoms with Gasteiger partial charge in [0.15, 0.2) is 5.89 Å². The van der Waals surface area contributed by atoms with Gasteiger partial charge in [0.25, 0.3) is 5.71 Å². The second-order valence-electron chi connectivity index (χ2n) is 6.04. The molecule has 0 radical (unpaired) electrons. The van der Waals surface area contributed by atoms with Crippen LogP contribution in [0.5, 0.6) is 0 Å². The summed E-state index contributed by atoms with van der Waals surface area (Å²) in [6, 6.07) is 9.56. The Morgan fingerprint density at radius 1 is 0.731 bits per heavy atom. The van der Waals surface area contributed by atoms with Crippen molar-refractivity contribution in [2.75, 3.05) is 0 Å². The molecule has 0 unspecified atom stereocenters. The van der Waals surface area contributed by atoms with E-state index in [0.29, 0.717) is 34.2 Å². The van der Waals surface area contributed by atoms with Crippen molar-refractivity contribution in [3.8, 4) is 22.8 Å². The Kier molecular flexibility index (Phi) is 3.08. The van der Waals surface area contributed by atoms with E-state index < -0.39 is 0 Å². The van der Waals surface area contributed by atoms with Gasteiger partial charge >= 0.3 is 0 Å². The number of hydrogen-bond acceptors (Lipinski definition) is 7. The van der Waals surface area contributed by atoms with Crippen molar-refractivity contribution in [2.45, 2.75) is 13.8 Å². The fraction of sp³-hybridized carbons (Fsp3) is 0.105. The zero-order chi connectivity index (χ0) is 17.7. The van der Waals surface area contributed by atoms with E-state index in [1.54, 1.807) is 19.2 Å². The third-order valence-corrected chi connectivity index (χ3v) is 4.04. The third-order valence-electron chi connectivity index (χ3n) is 4.04. The van der Waals surface area contributed by atoms with Gasteiger partial charge in [0.1, 0.15) is 11.0 Å². The summed E-state index contributed by atoms with van der Waals surface area (Å²) in [5, 5.41) is 0. The summed E-state index contributed by atoms with van der Waals surface area (Å²) in [6.07, 6.45) is 3.54. The molecule has 0 spiro atoms. The highest BCUT2D eigenvalue weighted by molar-refractivity contribution is 5.84. The molecule has 5 rings (SSSR count). The molecule has 5 heterocycles. The van der Waals surface area contributed by atoms with E-state index >= 15 is 0 Å². The Labute approximate surface area is 147 Å². The van der Waals surface area contributed by atoms with Gasteiger partial charge in [-0.3, -0.25) is 9.97 Å². The second kappa shape index (κ2) is 5.45. The summed E-state index contributed by atoms with van der Waals surface area (Å²) in [4.78, 5) is 21.9. The topological polar surface area (TPSA) is 90.7 Å². The predicted molar refractivity (Wildman–Crippen MR) is 95.3 cm³/mol. The van der Waals surface area contributed by atoms with Gasteiger partial charge in [-0.1, -0.05) is 6.07 Å². The van der Waals surface area contributed by atoms with E-state index in [-0.39, 0.29) is 0 Å². The van der Waals surface area contributed by atoms with Crippen LogP contribution in [-0.4, -0.2) is 24.9 Å². The minimum absolute atomic E-state index is 0.410. The Hall–Kier alpha value is -3.61. The van der Waals surface area contributed by atoms with Crippen LogP contribution in [0.3, 0.4) is 0 Å². The van der Waals surface area contributed by atoms with Gasteiger partial charge in [-0.15, -0.1) is 0 Å². The molecule has 5 aromatic heterocycles. The highest BCUT2D eigenvalue weighted by Gasteiger charge is 2.14. The van der Waals surface area contributed by atoms with E-state index in [9.17, 15) is 0 Å². The number of pyridine rings is 3. The summed E-state index contributed by atoms with van der Waals surface area (Å²) in [5.74, 6) is 1.01. The normalized spacial score (nSPS) is 11.5. The molecule has 26 heavy (non-hydrogen) atoms. The maximum atomic E-state index is 5.77. The second-order valence-corrected chi connectivity index (χ2v) is 6.04. The molecule has 126 valence electrons. The Morgan fingerprint density at radius 2 is 1.46 bits per heavy atom. The average molecular weight is 343 g/mol. The molecule has 5 aromatic rings. The van der Waals surface area contributed by atoms with Crippen molar-refractivity contribution in [1.29, 1.82) is 0 Å². The molecule has 7 nitrogen and oxygen atoms in total. The zero-order valence-electron chi connectivity index (χ0n) is 14.1. The van der Waals surface area contributed by atoms with Gasteiger partial charge in [0, 0.05) is 25.4 Å². The number of nitrogens with zero attached hydrogens (tertiary/aromatic N) is 5. The fourth-order valence-electron chi connectivity index (χ4n) is 2.74. The van der Waals surface area contributed by atoms with Crippen molar-refractivity contribution in [3.05, 3.63) is 54.2 Å². The lowest BCUT2D eigenvalue weighted by molar-refractivity contribution is 0.547. The first-order valence-electron chi connectivity index (χ1n) is 8.10. The van der Waals surface area contributed by atoms with Crippen molar-refractivity contribution in [3.63, 3.8) is 0 Å². The average Bonchev–Trinajstić information content (AvgIpc) is 3.21. The Balaban J connectivity index is 1.53. The third kappa shape index (κ3) is 2.41. The number of fused-ring (bicyclic) bond motifs is 2. The van der Waals surface area contributed by atoms with Crippen LogP contribution in [0.25, 0.3) is 45.3 Å². The van der Waals surface area contributed by atoms with E-state index in [0.717, 1.165) is 22.5 Å². The molecule has 0 saturated heterocycles. The van der Waals surface area contributed by atoms with Crippen molar-refractivity contribution < 1.29 is 8.83 Å². The largest absolute Gasteiger partial charge is 0.422 e. The van der Waals surface area contributed by atoms with Crippen LogP contribution >= 0.6 is 0 Å². The lowest BCUT2D eigenvalue weighted by Crippen LogP contribution is -1.88. The van der Waals surface area contributed by atoms with Crippen LogP contribution < -0.4 is 0 Å². The number of aryl methyl sites for hydroxylation is 2. The molecule has 7 heteroatoms. The first kappa shape index (κ1) is 14.7. The van der Waals surface area contributed by atoms with Crippen LogP contribution in [0, 0.1) is 13.8 Å². The molecular formula is C19H13N5O2. The fourth-order valence-corrected chi connectivity index (χ4v) is 2.74. The standard InChI is InChI=1S/C19H13N5O2/c1-10-3-5-13(20-8-10)14-6-4-12(9-21-14)17-23-16-7-15-18(24-19(16)26-17)25-11(2)22-15/h3-9H,1-2H3. The maximum absolute atomic E-state index is 5.77. The van der Waals surface area contributed by atoms with E-state index in [1.807, 2.05) is 37.4 Å². The summed E-state index contributed by atoms with van der Waals surface area (Å²) >= 11 is 0. The number of hydrogen-bond donors (Lipinski definition) is 0. The lowest BCUT2D eigenvalue weighted by Gasteiger charge is -2.01. The van der Waals surface area contributed by atoms with Gasteiger partial charge in [-0.25, -0.2) is 9.97 Å².